The number of hydrogen-bond donors (Lipinski definition) is 3. The van der Waals surface area contributed by atoms with E-state index in [0.29, 0.717) is 5.56 Å². The largest absolute Gasteiger partial charge is 0.394 e. The Bertz CT molecular complexity index is 956. The van der Waals surface area contributed by atoms with Crippen molar-refractivity contribution in [1.29, 1.82) is 0 Å². The molecule has 27 heavy (non-hydrogen) atoms. The standard InChI is InChI=1S/C16H16FN3O7/c17-12-13(22)11(7-21)27-15(12)19-6-9(14(23)18-16(19)24)5-8-1-3-10(4-2-8)20(25)26/h1-4,6,11-13,15,21-22H,5,7H2,(H,18,23,24)/t11-,12+,13-,15-/m1/s1. The molecule has 144 valence electrons. The second kappa shape index (κ2) is 7.39. The van der Waals surface area contributed by atoms with Crippen molar-refractivity contribution in [3.8, 4) is 0 Å². The van der Waals surface area contributed by atoms with Gasteiger partial charge in [0.25, 0.3) is 11.2 Å². The Labute approximate surface area is 150 Å². The number of alkyl halides is 1. The first-order valence-corrected chi connectivity index (χ1v) is 7.98. The Kier molecular flexibility index (Phi) is 5.17. The fourth-order valence-electron chi connectivity index (χ4n) is 2.88. The number of nitro benzene ring substituents is 1. The van der Waals surface area contributed by atoms with E-state index >= 15 is 0 Å². The molecule has 0 unspecified atom stereocenters. The first-order valence-electron chi connectivity index (χ1n) is 7.98. The van der Waals surface area contributed by atoms with Gasteiger partial charge in [0.05, 0.1) is 11.5 Å². The Balaban J connectivity index is 1.92. The van der Waals surface area contributed by atoms with Crippen LogP contribution in [0.3, 0.4) is 0 Å². The number of nitrogens with zero attached hydrogens (tertiary/aromatic N) is 2. The molecule has 1 aliphatic heterocycles. The van der Waals surface area contributed by atoms with Gasteiger partial charge < -0.3 is 14.9 Å². The highest BCUT2D eigenvalue weighted by Crippen LogP contribution is 2.30. The van der Waals surface area contributed by atoms with Crippen molar-refractivity contribution in [3.63, 3.8) is 0 Å². The first kappa shape index (κ1) is 18.9. The number of hydrogen-bond acceptors (Lipinski definition) is 7. The molecule has 3 N–H and O–H groups in total. The number of aromatic amines is 1. The number of H-pyrrole nitrogens is 1. The highest BCUT2D eigenvalue weighted by molar-refractivity contribution is 5.34. The predicted molar refractivity (Wildman–Crippen MR) is 89.1 cm³/mol. The topological polar surface area (TPSA) is 148 Å². The number of halogens is 1. The maximum Gasteiger partial charge on any atom is 0.330 e. The number of nitro groups is 1. The van der Waals surface area contributed by atoms with Crippen LogP contribution in [0.15, 0.2) is 40.1 Å². The van der Waals surface area contributed by atoms with Crippen LogP contribution in [0.5, 0.6) is 0 Å². The van der Waals surface area contributed by atoms with Gasteiger partial charge in [-0.25, -0.2) is 9.18 Å². The number of rotatable bonds is 5. The molecule has 1 fully saturated rings. The van der Waals surface area contributed by atoms with Crippen LogP contribution in [0.2, 0.25) is 0 Å². The monoisotopic (exact) mass is 381 g/mol. The average molecular weight is 381 g/mol. The Hall–Kier alpha value is -2.89. The summed E-state index contributed by atoms with van der Waals surface area (Å²) in [6.07, 6.45) is -5.13. The zero-order valence-electron chi connectivity index (χ0n) is 13.8. The minimum absolute atomic E-state index is 0.0310. The van der Waals surface area contributed by atoms with Crippen LogP contribution in [-0.4, -0.2) is 49.7 Å². The van der Waals surface area contributed by atoms with Crippen LogP contribution in [-0.2, 0) is 11.2 Å². The SMILES string of the molecule is O=c1[nH]c(=O)n([C@@H]2O[C@H](CO)[C@@H](O)[C@@H]2F)cc1Cc1ccc([N+](=O)[O-])cc1. The van der Waals surface area contributed by atoms with E-state index in [1.165, 1.54) is 24.3 Å². The van der Waals surface area contributed by atoms with E-state index in [4.69, 9.17) is 9.84 Å². The van der Waals surface area contributed by atoms with E-state index in [1.54, 1.807) is 0 Å². The van der Waals surface area contributed by atoms with Gasteiger partial charge in [0.1, 0.15) is 12.2 Å². The summed E-state index contributed by atoms with van der Waals surface area (Å²) in [5, 5.41) is 29.5. The summed E-state index contributed by atoms with van der Waals surface area (Å²) >= 11 is 0. The number of nitrogens with one attached hydrogen (secondary N) is 1. The minimum atomic E-state index is -1.97. The third kappa shape index (κ3) is 3.65. The van der Waals surface area contributed by atoms with Gasteiger partial charge in [0.2, 0.25) is 0 Å². The number of aliphatic hydroxyl groups is 2. The lowest BCUT2D eigenvalue weighted by atomic mass is 10.1. The van der Waals surface area contributed by atoms with Crippen LogP contribution in [0.25, 0.3) is 0 Å². The van der Waals surface area contributed by atoms with E-state index < -0.39 is 47.4 Å². The van der Waals surface area contributed by atoms with Gasteiger partial charge in [-0.2, -0.15) is 0 Å². The van der Waals surface area contributed by atoms with Crippen LogP contribution >= 0.6 is 0 Å². The average Bonchev–Trinajstić information content (AvgIpc) is 2.92. The number of aliphatic hydroxyl groups excluding tert-OH is 2. The van der Waals surface area contributed by atoms with Crippen molar-refractivity contribution in [1.82, 2.24) is 9.55 Å². The molecule has 0 radical (unpaired) electrons. The number of aromatic nitrogens is 2. The number of benzene rings is 1. The molecule has 1 saturated heterocycles. The highest BCUT2D eigenvalue weighted by atomic mass is 19.1. The molecule has 2 aromatic rings. The van der Waals surface area contributed by atoms with Gasteiger partial charge in [0.15, 0.2) is 12.4 Å². The summed E-state index contributed by atoms with van der Waals surface area (Å²) in [5.41, 5.74) is -1.07. The molecule has 1 aromatic carbocycles. The zero-order chi connectivity index (χ0) is 19.7. The summed E-state index contributed by atoms with van der Waals surface area (Å²) in [5.74, 6) is 0. The van der Waals surface area contributed by atoms with E-state index in [9.17, 15) is 29.2 Å². The summed E-state index contributed by atoms with van der Waals surface area (Å²) in [4.78, 5) is 36.3. The number of non-ortho nitro benzene ring substituents is 1. The predicted octanol–water partition coefficient (Wildman–Crippen LogP) is -0.376. The Morgan fingerprint density at radius 2 is 1.96 bits per heavy atom. The molecule has 4 atom stereocenters. The van der Waals surface area contributed by atoms with E-state index in [-0.39, 0.29) is 17.7 Å². The van der Waals surface area contributed by atoms with Gasteiger partial charge in [-0.1, -0.05) is 12.1 Å². The van der Waals surface area contributed by atoms with Crippen LogP contribution < -0.4 is 11.2 Å². The summed E-state index contributed by atoms with van der Waals surface area (Å²) < 4.78 is 20.3. The highest BCUT2D eigenvalue weighted by Gasteiger charge is 2.45. The van der Waals surface area contributed by atoms with Crippen molar-refractivity contribution in [2.45, 2.75) is 31.0 Å². The molecule has 2 heterocycles. The molecule has 0 bridgehead atoms. The van der Waals surface area contributed by atoms with Crippen molar-refractivity contribution in [2.24, 2.45) is 0 Å². The van der Waals surface area contributed by atoms with E-state index in [1.807, 2.05) is 0 Å². The van der Waals surface area contributed by atoms with E-state index in [0.717, 1.165) is 10.8 Å². The van der Waals surface area contributed by atoms with Crippen molar-refractivity contribution in [2.75, 3.05) is 6.61 Å². The Morgan fingerprint density at radius 3 is 2.52 bits per heavy atom. The summed E-state index contributed by atoms with van der Waals surface area (Å²) in [6.45, 7) is -0.633. The van der Waals surface area contributed by atoms with Gasteiger partial charge in [0, 0.05) is 30.3 Å². The molecular formula is C16H16FN3O7. The Morgan fingerprint density at radius 1 is 1.30 bits per heavy atom. The molecule has 10 nitrogen and oxygen atoms in total. The van der Waals surface area contributed by atoms with Gasteiger partial charge in [-0.3, -0.25) is 24.5 Å². The first-order chi connectivity index (χ1) is 12.8. The van der Waals surface area contributed by atoms with E-state index in [2.05, 4.69) is 4.98 Å². The normalized spacial score (nSPS) is 24.9. The molecule has 0 saturated carbocycles. The molecule has 11 heteroatoms. The zero-order valence-corrected chi connectivity index (χ0v) is 13.8. The molecule has 1 aliphatic rings. The van der Waals surface area contributed by atoms with Crippen molar-refractivity contribution in [3.05, 3.63) is 72.5 Å². The molecule has 0 aliphatic carbocycles. The maximum atomic E-state index is 14.3. The summed E-state index contributed by atoms with van der Waals surface area (Å²) in [7, 11) is 0. The van der Waals surface area contributed by atoms with Gasteiger partial charge in [-0.05, 0) is 5.56 Å². The second-order valence-corrected chi connectivity index (χ2v) is 6.10. The van der Waals surface area contributed by atoms with Gasteiger partial charge >= 0.3 is 5.69 Å². The minimum Gasteiger partial charge on any atom is -0.394 e. The lowest BCUT2D eigenvalue weighted by Crippen LogP contribution is -2.37. The lowest BCUT2D eigenvalue weighted by molar-refractivity contribution is -0.384. The molecule has 0 spiro atoms. The van der Waals surface area contributed by atoms with Crippen LogP contribution in [0.1, 0.15) is 17.4 Å². The molecule has 3 rings (SSSR count). The molecular weight excluding hydrogens is 365 g/mol. The van der Waals surface area contributed by atoms with Crippen LogP contribution in [0.4, 0.5) is 10.1 Å². The van der Waals surface area contributed by atoms with Crippen molar-refractivity contribution >= 4 is 5.69 Å². The fraction of sp³-hybridized carbons (Fsp3) is 0.375. The smallest absolute Gasteiger partial charge is 0.330 e. The third-order valence-corrected chi connectivity index (χ3v) is 4.33. The lowest BCUT2D eigenvalue weighted by Gasteiger charge is -2.16. The maximum absolute atomic E-state index is 14.3. The fourth-order valence-corrected chi connectivity index (χ4v) is 2.88. The summed E-state index contributed by atoms with van der Waals surface area (Å²) in [6, 6.07) is 5.48. The third-order valence-electron chi connectivity index (χ3n) is 4.33. The molecule has 1 aromatic heterocycles. The quantitative estimate of drug-likeness (QED) is 0.472. The van der Waals surface area contributed by atoms with Crippen LogP contribution in [0, 0.1) is 10.1 Å². The molecule has 0 amide bonds. The van der Waals surface area contributed by atoms with Crippen molar-refractivity contribution < 1.29 is 24.3 Å². The second-order valence-electron chi connectivity index (χ2n) is 6.10. The number of ether oxygens (including phenoxy) is 1. The van der Waals surface area contributed by atoms with Gasteiger partial charge in [-0.15, -0.1) is 0 Å².